The van der Waals surface area contributed by atoms with Gasteiger partial charge in [0.15, 0.2) is 11.5 Å². The summed E-state index contributed by atoms with van der Waals surface area (Å²) in [5.41, 5.74) is 2.89. The molecule has 0 bridgehead atoms. The number of carbonyl (C=O) groups excluding carboxylic acids is 1. The maximum atomic E-state index is 11.0. The third-order valence-corrected chi connectivity index (χ3v) is 2.07. The third kappa shape index (κ3) is 3.49. The minimum atomic E-state index is -0.462. The standard InChI is InChI=1S/C12H13N3O3/c1-17-10-5-3-4-9(12(10)18-2)8-14-15-11(16)6-7-13/h3-5,8H,6H2,1-2H3,(H,15,16)/b14-8+. The van der Waals surface area contributed by atoms with Crippen molar-refractivity contribution in [1.82, 2.24) is 5.43 Å². The van der Waals surface area contributed by atoms with Crippen LogP contribution in [0, 0.1) is 11.3 Å². The van der Waals surface area contributed by atoms with Crippen molar-refractivity contribution in [3.8, 4) is 17.6 Å². The number of ether oxygens (including phenoxy) is 2. The number of methoxy groups -OCH3 is 2. The third-order valence-electron chi connectivity index (χ3n) is 2.07. The van der Waals surface area contributed by atoms with Crippen molar-refractivity contribution in [3.63, 3.8) is 0 Å². The smallest absolute Gasteiger partial charge is 0.254 e. The molecule has 0 aliphatic heterocycles. The van der Waals surface area contributed by atoms with Gasteiger partial charge in [-0.05, 0) is 12.1 Å². The lowest BCUT2D eigenvalue weighted by atomic mass is 10.2. The van der Waals surface area contributed by atoms with E-state index in [1.165, 1.54) is 20.4 Å². The molecule has 0 radical (unpaired) electrons. The lowest BCUT2D eigenvalue weighted by Gasteiger charge is -2.09. The zero-order chi connectivity index (χ0) is 13.4. The number of nitrogens with one attached hydrogen (secondary N) is 1. The van der Waals surface area contributed by atoms with Gasteiger partial charge < -0.3 is 9.47 Å². The van der Waals surface area contributed by atoms with Gasteiger partial charge in [-0.25, -0.2) is 5.43 Å². The monoisotopic (exact) mass is 247 g/mol. The molecule has 0 atom stereocenters. The summed E-state index contributed by atoms with van der Waals surface area (Å²) in [6.07, 6.45) is 1.20. The molecular formula is C12H13N3O3. The molecule has 0 saturated carbocycles. The van der Waals surface area contributed by atoms with Gasteiger partial charge in [0.2, 0.25) is 0 Å². The van der Waals surface area contributed by atoms with Crippen LogP contribution in [0.4, 0.5) is 0 Å². The lowest BCUT2D eigenvalue weighted by Crippen LogP contribution is -2.16. The first-order chi connectivity index (χ1) is 8.72. The van der Waals surface area contributed by atoms with Gasteiger partial charge in [0.05, 0.1) is 26.5 Å². The summed E-state index contributed by atoms with van der Waals surface area (Å²) in [5.74, 6) is 0.638. The molecule has 94 valence electrons. The molecule has 0 fully saturated rings. The highest BCUT2D eigenvalue weighted by Gasteiger charge is 2.07. The summed E-state index contributed by atoms with van der Waals surface area (Å²) in [5, 5.41) is 12.0. The Hall–Kier alpha value is -2.55. The van der Waals surface area contributed by atoms with Crippen LogP contribution < -0.4 is 14.9 Å². The van der Waals surface area contributed by atoms with Gasteiger partial charge in [0.25, 0.3) is 5.91 Å². The predicted molar refractivity (Wildman–Crippen MR) is 65.5 cm³/mol. The number of nitrogens with zero attached hydrogens (tertiary/aromatic N) is 2. The quantitative estimate of drug-likeness (QED) is 0.623. The van der Waals surface area contributed by atoms with Crippen LogP contribution >= 0.6 is 0 Å². The van der Waals surface area contributed by atoms with Crippen molar-refractivity contribution >= 4 is 12.1 Å². The Kier molecular flexibility index (Phi) is 5.19. The van der Waals surface area contributed by atoms with Crippen LogP contribution in [0.15, 0.2) is 23.3 Å². The molecule has 1 N–H and O–H groups in total. The molecule has 0 spiro atoms. The predicted octanol–water partition coefficient (Wildman–Crippen LogP) is 1.07. The van der Waals surface area contributed by atoms with Crippen LogP contribution in [-0.4, -0.2) is 26.3 Å². The van der Waals surface area contributed by atoms with Gasteiger partial charge in [-0.1, -0.05) is 6.07 Å². The Balaban J connectivity index is 2.81. The molecule has 0 heterocycles. The van der Waals surface area contributed by atoms with Gasteiger partial charge in [-0.15, -0.1) is 0 Å². The molecule has 6 nitrogen and oxygen atoms in total. The zero-order valence-electron chi connectivity index (χ0n) is 10.1. The van der Waals surface area contributed by atoms with Crippen LogP contribution in [-0.2, 0) is 4.79 Å². The van der Waals surface area contributed by atoms with Gasteiger partial charge in [0, 0.05) is 5.56 Å². The number of amides is 1. The highest BCUT2D eigenvalue weighted by molar-refractivity contribution is 5.86. The lowest BCUT2D eigenvalue weighted by molar-refractivity contribution is -0.120. The van der Waals surface area contributed by atoms with Crippen LogP contribution in [0.2, 0.25) is 0 Å². The molecule has 0 aliphatic rings. The normalized spacial score (nSPS) is 9.83. The van der Waals surface area contributed by atoms with Gasteiger partial charge in [0.1, 0.15) is 6.42 Å². The highest BCUT2D eigenvalue weighted by atomic mass is 16.5. The summed E-state index contributed by atoms with van der Waals surface area (Å²) < 4.78 is 10.3. The topological polar surface area (TPSA) is 83.7 Å². The van der Waals surface area contributed by atoms with Gasteiger partial charge in [-0.3, -0.25) is 4.79 Å². The second kappa shape index (κ2) is 6.91. The molecule has 1 amide bonds. The Labute approximate surface area is 105 Å². The molecule has 0 unspecified atom stereocenters. The molecule has 1 rings (SSSR count). The summed E-state index contributed by atoms with van der Waals surface area (Å²) in [6, 6.07) is 7.02. The molecule has 0 aliphatic carbocycles. The van der Waals surface area contributed by atoms with E-state index in [0.29, 0.717) is 17.1 Å². The van der Waals surface area contributed by atoms with Gasteiger partial charge in [-0.2, -0.15) is 10.4 Å². The Morgan fingerprint density at radius 1 is 1.50 bits per heavy atom. The first kappa shape index (κ1) is 13.5. The second-order valence-electron chi connectivity index (χ2n) is 3.21. The van der Waals surface area contributed by atoms with Crippen LogP contribution in [0.3, 0.4) is 0 Å². The van der Waals surface area contributed by atoms with E-state index in [9.17, 15) is 4.79 Å². The maximum Gasteiger partial charge on any atom is 0.254 e. The summed E-state index contributed by atoms with van der Waals surface area (Å²) in [4.78, 5) is 11.0. The number of benzene rings is 1. The van der Waals surface area contributed by atoms with Crippen molar-refractivity contribution in [2.75, 3.05) is 14.2 Å². The maximum absolute atomic E-state index is 11.0. The van der Waals surface area contributed by atoms with Crippen molar-refractivity contribution in [1.29, 1.82) is 5.26 Å². The number of hydrogen-bond donors (Lipinski definition) is 1. The van der Waals surface area contributed by atoms with Crippen molar-refractivity contribution in [2.45, 2.75) is 6.42 Å². The van der Waals surface area contributed by atoms with E-state index in [2.05, 4.69) is 10.5 Å². The fourth-order valence-electron chi connectivity index (χ4n) is 1.30. The van der Waals surface area contributed by atoms with E-state index in [-0.39, 0.29) is 6.42 Å². The summed E-state index contributed by atoms with van der Waals surface area (Å²) >= 11 is 0. The van der Waals surface area contributed by atoms with Gasteiger partial charge >= 0.3 is 0 Å². The van der Waals surface area contributed by atoms with Crippen LogP contribution in [0.1, 0.15) is 12.0 Å². The number of hydrazone groups is 1. The molecule has 1 aromatic carbocycles. The zero-order valence-corrected chi connectivity index (χ0v) is 10.1. The molecule has 6 heteroatoms. The Morgan fingerprint density at radius 3 is 2.89 bits per heavy atom. The van der Waals surface area contributed by atoms with Crippen molar-refractivity contribution in [2.24, 2.45) is 5.10 Å². The largest absolute Gasteiger partial charge is 0.493 e. The fraction of sp³-hybridized carbons (Fsp3) is 0.250. The minimum Gasteiger partial charge on any atom is -0.493 e. The first-order valence-electron chi connectivity index (χ1n) is 5.12. The minimum absolute atomic E-state index is 0.230. The second-order valence-corrected chi connectivity index (χ2v) is 3.21. The highest BCUT2D eigenvalue weighted by Crippen LogP contribution is 2.29. The van der Waals surface area contributed by atoms with E-state index in [1.807, 2.05) is 0 Å². The van der Waals surface area contributed by atoms with E-state index in [0.717, 1.165) is 0 Å². The van der Waals surface area contributed by atoms with E-state index in [1.54, 1.807) is 24.3 Å². The Bertz CT molecular complexity index is 492. The molecule has 1 aromatic rings. The first-order valence-corrected chi connectivity index (χ1v) is 5.12. The van der Waals surface area contributed by atoms with E-state index >= 15 is 0 Å². The average Bonchev–Trinajstić information content (AvgIpc) is 2.38. The number of rotatable bonds is 5. The SMILES string of the molecule is COc1cccc(/C=N/NC(=O)CC#N)c1OC. The van der Waals surface area contributed by atoms with Crippen LogP contribution in [0.5, 0.6) is 11.5 Å². The number of nitriles is 1. The summed E-state index contributed by atoms with van der Waals surface area (Å²) in [6.45, 7) is 0. The van der Waals surface area contributed by atoms with Crippen molar-refractivity contribution in [3.05, 3.63) is 23.8 Å². The molecule has 18 heavy (non-hydrogen) atoms. The van der Waals surface area contributed by atoms with Crippen molar-refractivity contribution < 1.29 is 14.3 Å². The summed E-state index contributed by atoms with van der Waals surface area (Å²) in [7, 11) is 3.05. The Morgan fingerprint density at radius 2 is 2.28 bits per heavy atom. The number of hydrogen-bond acceptors (Lipinski definition) is 5. The number of carbonyl (C=O) groups is 1. The molecular weight excluding hydrogens is 234 g/mol. The van der Waals surface area contributed by atoms with Crippen LogP contribution in [0.25, 0.3) is 0 Å². The molecule has 0 aromatic heterocycles. The fourth-order valence-corrected chi connectivity index (χ4v) is 1.30. The average molecular weight is 247 g/mol. The molecule has 0 saturated heterocycles. The number of para-hydroxylation sites is 1. The van der Waals surface area contributed by atoms with E-state index in [4.69, 9.17) is 14.7 Å². The van der Waals surface area contributed by atoms with E-state index < -0.39 is 5.91 Å².